The smallest absolute Gasteiger partial charge is 0.252 e. The van der Waals surface area contributed by atoms with Crippen molar-refractivity contribution in [2.75, 3.05) is 5.32 Å². The number of hydrogen-bond acceptors (Lipinski definition) is 3. The minimum Gasteiger partial charge on any atom is -0.618 e. The third-order valence-corrected chi connectivity index (χ3v) is 4.04. The van der Waals surface area contributed by atoms with Crippen molar-refractivity contribution < 1.29 is 9.52 Å². The number of thioether (sulfide) groups is 1. The van der Waals surface area contributed by atoms with Crippen molar-refractivity contribution in [3.63, 3.8) is 0 Å². The van der Waals surface area contributed by atoms with E-state index in [9.17, 15) is 10.0 Å². The molecule has 0 aliphatic rings. The Bertz CT molecular complexity index is 622. The van der Waals surface area contributed by atoms with Crippen molar-refractivity contribution in [2.45, 2.75) is 17.2 Å². The molecular weight excluding hydrogens is 296 g/mol. The zero-order valence-electron chi connectivity index (χ0n) is 10.7. The van der Waals surface area contributed by atoms with E-state index in [4.69, 9.17) is 11.6 Å². The molecule has 1 aromatic carbocycles. The lowest BCUT2D eigenvalue weighted by Crippen LogP contribution is -2.30. The van der Waals surface area contributed by atoms with Crippen LogP contribution >= 0.6 is 23.4 Å². The van der Waals surface area contributed by atoms with Crippen LogP contribution in [0.25, 0.3) is 0 Å². The van der Waals surface area contributed by atoms with E-state index in [-0.39, 0.29) is 5.91 Å². The number of carbonyl (C=O) groups is 1. The van der Waals surface area contributed by atoms with Gasteiger partial charge < -0.3 is 10.5 Å². The summed E-state index contributed by atoms with van der Waals surface area (Å²) in [6.45, 7) is 1.74. The molecule has 0 radical (unpaired) electrons. The highest BCUT2D eigenvalue weighted by atomic mass is 35.5. The summed E-state index contributed by atoms with van der Waals surface area (Å²) in [6.07, 6.45) is 1.40. The van der Waals surface area contributed by atoms with Gasteiger partial charge in [0.25, 0.3) is 5.03 Å². The predicted octanol–water partition coefficient (Wildman–Crippen LogP) is 3.09. The van der Waals surface area contributed by atoms with Gasteiger partial charge in [0.15, 0.2) is 6.20 Å². The van der Waals surface area contributed by atoms with Gasteiger partial charge in [0.1, 0.15) is 0 Å². The van der Waals surface area contributed by atoms with E-state index in [1.54, 1.807) is 49.4 Å². The van der Waals surface area contributed by atoms with Crippen molar-refractivity contribution >= 4 is 35.0 Å². The lowest BCUT2D eigenvalue weighted by Gasteiger charge is -2.12. The molecule has 1 amide bonds. The van der Waals surface area contributed by atoms with Gasteiger partial charge in [0.05, 0.1) is 16.0 Å². The molecule has 0 aliphatic carbocycles. The van der Waals surface area contributed by atoms with Crippen LogP contribution in [0.3, 0.4) is 0 Å². The number of aromatic nitrogens is 1. The number of anilines is 1. The molecule has 1 atom stereocenters. The Morgan fingerprint density at radius 3 is 2.70 bits per heavy atom. The molecule has 1 heterocycles. The third-order valence-electron chi connectivity index (χ3n) is 2.59. The number of para-hydroxylation sites is 1. The molecule has 6 heteroatoms. The number of amides is 1. The van der Waals surface area contributed by atoms with Crippen LogP contribution < -0.4 is 10.0 Å². The number of pyridine rings is 1. The molecule has 0 aliphatic heterocycles. The number of halogens is 1. The summed E-state index contributed by atoms with van der Waals surface area (Å²) in [5.74, 6) is -0.202. The molecule has 2 rings (SSSR count). The van der Waals surface area contributed by atoms with Gasteiger partial charge in [0.2, 0.25) is 5.91 Å². The van der Waals surface area contributed by atoms with Gasteiger partial charge in [0, 0.05) is 12.1 Å². The van der Waals surface area contributed by atoms with Crippen molar-refractivity contribution in [3.05, 3.63) is 58.9 Å². The Morgan fingerprint density at radius 2 is 2.00 bits per heavy atom. The maximum Gasteiger partial charge on any atom is 0.252 e. The molecule has 0 fully saturated rings. The Balaban J connectivity index is 2.03. The minimum absolute atomic E-state index is 0.202. The number of benzene rings is 1. The molecule has 1 unspecified atom stereocenters. The van der Waals surface area contributed by atoms with Crippen LogP contribution in [0.15, 0.2) is 53.7 Å². The van der Waals surface area contributed by atoms with Crippen LogP contribution in [0.5, 0.6) is 0 Å². The highest BCUT2D eigenvalue weighted by Crippen LogP contribution is 2.24. The summed E-state index contributed by atoms with van der Waals surface area (Å²) < 4.78 is 0.740. The number of hydrogen-bond donors (Lipinski definition) is 1. The summed E-state index contributed by atoms with van der Waals surface area (Å²) in [4.78, 5) is 12.1. The Kier molecular flexibility index (Phi) is 4.87. The van der Waals surface area contributed by atoms with Crippen molar-refractivity contribution in [2.24, 2.45) is 0 Å². The summed E-state index contributed by atoms with van der Waals surface area (Å²) in [7, 11) is 0. The lowest BCUT2D eigenvalue weighted by molar-refractivity contribution is -0.645. The molecule has 0 saturated heterocycles. The first-order valence-corrected chi connectivity index (χ1v) is 7.24. The van der Waals surface area contributed by atoms with Gasteiger partial charge in [-0.15, -0.1) is 0 Å². The van der Waals surface area contributed by atoms with E-state index >= 15 is 0 Å². The molecule has 20 heavy (non-hydrogen) atoms. The Hall–Kier alpha value is -1.72. The second-order valence-electron chi connectivity index (χ2n) is 4.09. The van der Waals surface area contributed by atoms with Crippen molar-refractivity contribution in [1.82, 2.24) is 0 Å². The third kappa shape index (κ3) is 3.65. The second-order valence-corrected chi connectivity index (χ2v) is 5.86. The fourth-order valence-electron chi connectivity index (χ4n) is 1.54. The van der Waals surface area contributed by atoms with Crippen LogP contribution in [0.4, 0.5) is 5.69 Å². The van der Waals surface area contributed by atoms with Gasteiger partial charge in [-0.2, -0.15) is 4.73 Å². The fraction of sp³-hybridized carbons (Fsp3) is 0.143. The molecule has 0 saturated carbocycles. The topological polar surface area (TPSA) is 56.0 Å². The summed E-state index contributed by atoms with van der Waals surface area (Å²) in [6, 6.07) is 12.1. The highest BCUT2D eigenvalue weighted by Gasteiger charge is 2.19. The van der Waals surface area contributed by atoms with Crippen molar-refractivity contribution in [1.29, 1.82) is 0 Å². The maximum absolute atomic E-state index is 12.1. The van der Waals surface area contributed by atoms with Crippen LogP contribution in [0.1, 0.15) is 6.92 Å². The summed E-state index contributed by atoms with van der Waals surface area (Å²) in [5.41, 5.74) is 0.565. The normalized spacial score (nSPS) is 11.9. The number of nitrogens with zero attached hydrogens (tertiary/aromatic N) is 1. The standard InChI is InChI=1S/C14H13ClN2O2S/c1-10(20-13-8-4-5-9-17(13)19)14(18)16-12-7-3-2-6-11(12)15/h2-10H,1H3,(H,16,18). The van der Waals surface area contributed by atoms with Crippen LogP contribution in [-0.2, 0) is 4.79 Å². The Morgan fingerprint density at radius 1 is 1.30 bits per heavy atom. The number of rotatable bonds is 4. The van der Waals surface area contributed by atoms with E-state index in [0.29, 0.717) is 15.7 Å². The highest BCUT2D eigenvalue weighted by molar-refractivity contribution is 8.00. The minimum atomic E-state index is -0.408. The average molecular weight is 309 g/mol. The van der Waals surface area contributed by atoms with Gasteiger partial charge in [-0.05, 0) is 36.9 Å². The fourth-order valence-corrected chi connectivity index (χ4v) is 2.57. The van der Waals surface area contributed by atoms with E-state index in [0.717, 1.165) is 4.73 Å². The number of carbonyl (C=O) groups excluding carboxylic acids is 1. The first kappa shape index (κ1) is 14.7. The molecule has 2 aromatic rings. The molecule has 4 nitrogen and oxygen atoms in total. The van der Waals surface area contributed by atoms with Gasteiger partial charge in [-0.1, -0.05) is 23.7 Å². The zero-order valence-corrected chi connectivity index (χ0v) is 12.3. The van der Waals surface area contributed by atoms with E-state index in [1.165, 1.54) is 18.0 Å². The Labute approximate surface area is 126 Å². The molecule has 104 valence electrons. The van der Waals surface area contributed by atoms with E-state index in [1.807, 2.05) is 0 Å². The van der Waals surface area contributed by atoms with Gasteiger partial charge >= 0.3 is 0 Å². The van der Waals surface area contributed by atoms with E-state index in [2.05, 4.69) is 5.32 Å². The average Bonchev–Trinajstić information content (AvgIpc) is 2.43. The summed E-state index contributed by atoms with van der Waals surface area (Å²) in [5, 5.41) is 14.8. The molecule has 0 spiro atoms. The first-order chi connectivity index (χ1) is 9.58. The lowest BCUT2D eigenvalue weighted by atomic mass is 10.3. The van der Waals surface area contributed by atoms with Crippen LogP contribution in [0, 0.1) is 5.21 Å². The van der Waals surface area contributed by atoms with Gasteiger partial charge in [-0.25, -0.2) is 0 Å². The second kappa shape index (κ2) is 6.63. The maximum atomic E-state index is 12.1. The molecule has 1 N–H and O–H groups in total. The molecule has 0 bridgehead atoms. The van der Waals surface area contributed by atoms with Crippen molar-refractivity contribution in [3.8, 4) is 0 Å². The van der Waals surface area contributed by atoms with Crippen LogP contribution in [0.2, 0.25) is 5.02 Å². The predicted molar refractivity (Wildman–Crippen MR) is 80.8 cm³/mol. The largest absolute Gasteiger partial charge is 0.618 e. The SMILES string of the molecule is CC(Sc1cccc[n+]1[O-])C(=O)Nc1ccccc1Cl. The van der Waals surface area contributed by atoms with Gasteiger partial charge in [-0.3, -0.25) is 4.79 Å². The quantitative estimate of drug-likeness (QED) is 0.536. The number of nitrogens with one attached hydrogen (secondary N) is 1. The monoisotopic (exact) mass is 308 g/mol. The first-order valence-electron chi connectivity index (χ1n) is 5.98. The summed E-state index contributed by atoms with van der Waals surface area (Å²) >= 11 is 7.18. The van der Waals surface area contributed by atoms with E-state index < -0.39 is 5.25 Å². The van der Waals surface area contributed by atoms with Crippen LogP contribution in [-0.4, -0.2) is 11.2 Å². The zero-order chi connectivity index (χ0) is 14.5. The molecule has 1 aromatic heterocycles. The molecular formula is C14H13ClN2O2S.